The van der Waals surface area contributed by atoms with Gasteiger partial charge in [-0.25, -0.2) is 19.9 Å². The van der Waals surface area contributed by atoms with Crippen LogP contribution < -0.4 is 4.90 Å². The molecule has 0 spiro atoms. The van der Waals surface area contributed by atoms with E-state index < -0.39 is 0 Å². The van der Waals surface area contributed by atoms with Crippen LogP contribution in [0.4, 0.5) is 5.82 Å². The molecule has 0 radical (unpaired) electrons. The van der Waals surface area contributed by atoms with Crippen LogP contribution in [0, 0.1) is 6.92 Å². The Bertz CT molecular complexity index is 688. The Morgan fingerprint density at radius 3 is 2.48 bits per heavy atom. The quantitative estimate of drug-likeness (QED) is 0.570. The SMILES string of the molecule is COCc1ncc(CN2CCN(c3cc(C)nc(SC)n3)CC2)cn1. The van der Waals surface area contributed by atoms with Gasteiger partial charge in [0.25, 0.3) is 0 Å². The van der Waals surface area contributed by atoms with Crippen LogP contribution in [-0.4, -0.2) is 64.4 Å². The van der Waals surface area contributed by atoms with E-state index in [0.717, 1.165) is 60.8 Å². The highest BCUT2D eigenvalue weighted by molar-refractivity contribution is 7.98. The molecule has 7 nitrogen and oxygen atoms in total. The van der Waals surface area contributed by atoms with Crippen molar-refractivity contribution in [3.8, 4) is 0 Å². The van der Waals surface area contributed by atoms with Crippen LogP contribution in [0.3, 0.4) is 0 Å². The van der Waals surface area contributed by atoms with Gasteiger partial charge in [-0.1, -0.05) is 11.8 Å². The Labute approximate surface area is 152 Å². The maximum absolute atomic E-state index is 5.04. The first-order chi connectivity index (χ1) is 12.2. The molecule has 1 fully saturated rings. The van der Waals surface area contributed by atoms with Crippen molar-refractivity contribution in [3.63, 3.8) is 0 Å². The van der Waals surface area contributed by atoms with Crippen molar-refractivity contribution in [2.24, 2.45) is 0 Å². The predicted octanol–water partition coefficient (Wildman–Crippen LogP) is 1.77. The van der Waals surface area contributed by atoms with Crippen LogP contribution in [-0.2, 0) is 17.9 Å². The molecular weight excluding hydrogens is 336 g/mol. The molecule has 134 valence electrons. The predicted molar refractivity (Wildman–Crippen MR) is 98.8 cm³/mol. The Balaban J connectivity index is 1.55. The van der Waals surface area contributed by atoms with E-state index in [-0.39, 0.29) is 0 Å². The van der Waals surface area contributed by atoms with Crippen molar-refractivity contribution >= 4 is 17.6 Å². The number of aryl methyl sites for hydroxylation is 1. The normalized spacial score (nSPS) is 15.6. The summed E-state index contributed by atoms with van der Waals surface area (Å²) in [7, 11) is 1.65. The number of ether oxygens (including phenoxy) is 1. The molecule has 0 aromatic carbocycles. The Kier molecular flexibility index (Phi) is 6.17. The lowest BCUT2D eigenvalue weighted by molar-refractivity contribution is 0.177. The van der Waals surface area contributed by atoms with E-state index in [1.54, 1.807) is 18.9 Å². The fraction of sp³-hybridized carbons (Fsp3) is 0.529. The van der Waals surface area contributed by atoms with Gasteiger partial charge in [0.05, 0.1) is 0 Å². The van der Waals surface area contributed by atoms with Crippen molar-refractivity contribution in [2.45, 2.75) is 25.2 Å². The number of methoxy groups -OCH3 is 1. The molecule has 3 heterocycles. The summed E-state index contributed by atoms with van der Waals surface area (Å²) in [5.74, 6) is 1.75. The minimum absolute atomic E-state index is 0.454. The number of rotatable bonds is 6. The van der Waals surface area contributed by atoms with Gasteiger partial charge in [-0.2, -0.15) is 0 Å². The fourth-order valence-electron chi connectivity index (χ4n) is 2.84. The third kappa shape index (κ3) is 4.87. The average molecular weight is 360 g/mol. The third-order valence-electron chi connectivity index (χ3n) is 4.14. The largest absolute Gasteiger partial charge is 0.377 e. The van der Waals surface area contributed by atoms with E-state index in [1.165, 1.54) is 0 Å². The zero-order chi connectivity index (χ0) is 17.6. The van der Waals surface area contributed by atoms with Crippen LogP contribution in [0.15, 0.2) is 23.6 Å². The molecule has 8 heteroatoms. The first kappa shape index (κ1) is 18.0. The van der Waals surface area contributed by atoms with Gasteiger partial charge in [-0.05, 0) is 13.2 Å². The zero-order valence-electron chi connectivity index (χ0n) is 15.0. The first-order valence-corrected chi connectivity index (χ1v) is 9.56. The van der Waals surface area contributed by atoms with Gasteiger partial charge >= 0.3 is 0 Å². The monoisotopic (exact) mass is 360 g/mol. The second kappa shape index (κ2) is 8.55. The summed E-state index contributed by atoms with van der Waals surface area (Å²) < 4.78 is 5.04. The number of piperazine rings is 1. The molecule has 2 aromatic heterocycles. The minimum atomic E-state index is 0.454. The Morgan fingerprint density at radius 2 is 1.84 bits per heavy atom. The third-order valence-corrected chi connectivity index (χ3v) is 4.69. The van der Waals surface area contributed by atoms with E-state index in [9.17, 15) is 0 Å². The lowest BCUT2D eigenvalue weighted by Crippen LogP contribution is -2.46. The van der Waals surface area contributed by atoms with Gasteiger partial charge < -0.3 is 9.64 Å². The molecule has 25 heavy (non-hydrogen) atoms. The van der Waals surface area contributed by atoms with Crippen LogP contribution >= 0.6 is 11.8 Å². The molecule has 1 aliphatic heterocycles. The van der Waals surface area contributed by atoms with Crippen molar-refractivity contribution in [1.82, 2.24) is 24.8 Å². The number of nitrogens with zero attached hydrogens (tertiary/aromatic N) is 6. The summed E-state index contributed by atoms with van der Waals surface area (Å²) >= 11 is 1.59. The summed E-state index contributed by atoms with van der Waals surface area (Å²) in [6.45, 7) is 7.28. The van der Waals surface area contributed by atoms with Crippen molar-refractivity contribution < 1.29 is 4.74 Å². The first-order valence-electron chi connectivity index (χ1n) is 8.33. The number of hydrogen-bond donors (Lipinski definition) is 0. The molecule has 0 bridgehead atoms. The molecular formula is C17H24N6OS. The molecule has 2 aromatic rings. The Hall–Kier alpha value is -1.77. The van der Waals surface area contributed by atoms with Crippen molar-refractivity contribution in [2.75, 3.05) is 44.4 Å². The molecule has 0 unspecified atom stereocenters. The molecule has 0 N–H and O–H groups in total. The summed E-state index contributed by atoms with van der Waals surface area (Å²) in [6.07, 6.45) is 5.80. The van der Waals surface area contributed by atoms with Gasteiger partial charge in [0.1, 0.15) is 12.4 Å². The summed E-state index contributed by atoms with van der Waals surface area (Å²) in [4.78, 5) is 22.5. The van der Waals surface area contributed by atoms with E-state index in [4.69, 9.17) is 4.74 Å². The van der Waals surface area contributed by atoms with Crippen LogP contribution in [0.2, 0.25) is 0 Å². The number of thioether (sulfide) groups is 1. The standard InChI is InChI=1S/C17H24N6OS/c1-13-8-16(21-17(20-13)25-3)23-6-4-22(5-7-23)11-14-9-18-15(12-24-2)19-10-14/h8-10H,4-7,11-12H2,1-3H3. The molecule has 0 atom stereocenters. The lowest BCUT2D eigenvalue weighted by atomic mass is 10.2. The molecule has 1 saturated heterocycles. The topological polar surface area (TPSA) is 67.3 Å². The highest BCUT2D eigenvalue weighted by atomic mass is 32.2. The van der Waals surface area contributed by atoms with E-state index in [2.05, 4.69) is 35.8 Å². The number of hydrogen-bond acceptors (Lipinski definition) is 8. The maximum Gasteiger partial charge on any atom is 0.189 e. The smallest absolute Gasteiger partial charge is 0.189 e. The van der Waals surface area contributed by atoms with Crippen LogP contribution in [0.25, 0.3) is 0 Å². The highest BCUT2D eigenvalue weighted by Gasteiger charge is 2.19. The second-order valence-corrected chi connectivity index (χ2v) is 6.83. The van der Waals surface area contributed by atoms with Gasteiger partial charge in [0.2, 0.25) is 0 Å². The molecule has 3 rings (SSSR count). The molecule has 0 saturated carbocycles. The van der Waals surface area contributed by atoms with Gasteiger partial charge in [0.15, 0.2) is 11.0 Å². The molecule has 0 amide bonds. The summed E-state index contributed by atoms with van der Waals surface area (Å²) in [5, 5.41) is 0.839. The van der Waals surface area contributed by atoms with Crippen LogP contribution in [0.5, 0.6) is 0 Å². The van der Waals surface area contributed by atoms with E-state index in [1.807, 2.05) is 25.6 Å². The average Bonchev–Trinajstić information content (AvgIpc) is 2.63. The van der Waals surface area contributed by atoms with Gasteiger partial charge in [-0.3, -0.25) is 4.90 Å². The number of anilines is 1. The summed E-state index contributed by atoms with van der Waals surface area (Å²) in [6, 6.07) is 2.07. The Morgan fingerprint density at radius 1 is 1.12 bits per heavy atom. The van der Waals surface area contributed by atoms with Crippen molar-refractivity contribution in [3.05, 3.63) is 35.5 Å². The fourth-order valence-corrected chi connectivity index (χ4v) is 3.26. The van der Waals surface area contributed by atoms with Gasteiger partial charge in [-0.15, -0.1) is 0 Å². The lowest BCUT2D eigenvalue weighted by Gasteiger charge is -2.35. The van der Waals surface area contributed by atoms with Gasteiger partial charge in [0, 0.05) is 69.6 Å². The van der Waals surface area contributed by atoms with E-state index in [0.29, 0.717) is 6.61 Å². The zero-order valence-corrected chi connectivity index (χ0v) is 15.8. The summed E-state index contributed by atoms with van der Waals surface area (Å²) in [5.41, 5.74) is 2.15. The number of aromatic nitrogens is 4. The van der Waals surface area contributed by atoms with E-state index >= 15 is 0 Å². The second-order valence-electron chi connectivity index (χ2n) is 6.06. The minimum Gasteiger partial charge on any atom is -0.377 e. The molecule has 0 aliphatic carbocycles. The maximum atomic E-state index is 5.04. The van der Waals surface area contributed by atoms with Crippen molar-refractivity contribution in [1.29, 1.82) is 0 Å². The van der Waals surface area contributed by atoms with Crippen LogP contribution in [0.1, 0.15) is 17.1 Å². The highest BCUT2D eigenvalue weighted by Crippen LogP contribution is 2.19. The molecule has 1 aliphatic rings.